The summed E-state index contributed by atoms with van der Waals surface area (Å²) in [5, 5.41) is 2.89. The fourth-order valence-electron chi connectivity index (χ4n) is 2.16. The number of aromatic nitrogens is 2. The minimum Gasteiger partial charge on any atom is -0.382 e. The van der Waals surface area contributed by atoms with E-state index in [0.717, 1.165) is 0 Å². The Bertz CT molecular complexity index is 762. The van der Waals surface area contributed by atoms with E-state index in [4.69, 9.17) is 17.3 Å². The van der Waals surface area contributed by atoms with Crippen LogP contribution in [0.25, 0.3) is 0 Å². The summed E-state index contributed by atoms with van der Waals surface area (Å²) in [5.41, 5.74) is 6.47. The Morgan fingerprint density at radius 2 is 1.88 bits per heavy atom. The molecule has 7 nitrogen and oxygen atoms in total. The number of benzene rings is 1. The topological polar surface area (TPSA) is 101 Å². The molecule has 0 saturated carbocycles. The summed E-state index contributed by atoms with van der Waals surface area (Å²) in [4.78, 5) is 33.9. The molecule has 0 unspecified atom stereocenters. The van der Waals surface area contributed by atoms with Gasteiger partial charge in [0.1, 0.15) is 0 Å². The smallest absolute Gasteiger partial charge is 0.278 e. The van der Waals surface area contributed by atoms with E-state index in [0.29, 0.717) is 24.3 Å². The normalized spacial score (nSPS) is 10.3. The third-order valence-corrected chi connectivity index (χ3v) is 3.76. The second-order valence-corrected chi connectivity index (χ2v) is 5.32. The van der Waals surface area contributed by atoms with E-state index in [2.05, 4.69) is 15.3 Å². The Balaban J connectivity index is 2.20. The van der Waals surface area contributed by atoms with Gasteiger partial charge in [-0.25, -0.2) is 9.97 Å². The Kier molecular flexibility index (Phi) is 5.70. The van der Waals surface area contributed by atoms with Crippen molar-refractivity contribution >= 4 is 34.9 Å². The molecule has 1 aromatic heterocycles. The van der Waals surface area contributed by atoms with Crippen LogP contribution < -0.4 is 11.1 Å². The Morgan fingerprint density at radius 1 is 1.21 bits per heavy atom. The van der Waals surface area contributed by atoms with Gasteiger partial charge in [0.2, 0.25) is 0 Å². The van der Waals surface area contributed by atoms with Crippen LogP contribution in [0.15, 0.2) is 30.6 Å². The molecule has 3 N–H and O–H groups in total. The predicted molar refractivity (Wildman–Crippen MR) is 93.1 cm³/mol. The first-order valence-corrected chi connectivity index (χ1v) is 7.82. The number of hydrogen-bond acceptors (Lipinski definition) is 5. The highest BCUT2D eigenvalue weighted by atomic mass is 35.5. The minimum absolute atomic E-state index is 0.0249. The van der Waals surface area contributed by atoms with Crippen molar-refractivity contribution in [1.82, 2.24) is 14.9 Å². The fraction of sp³-hybridized carbons (Fsp3) is 0.250. The molecule has 0 aliphatic rings. The molecule has 0 aliphatic heterocycles. The molecule has 1 heterocycles. The third-order valence-electron chi connectivity index (χ3n) is 3.45. The minimum atomic E-state index is -0.500. The molecular formula is C16H18ClN5O2. The van der Waals surface area contributed by atoms with Crippen LogP contribution in [0.3, 0.4) is 0 Å². The van der Waals surface area contributed by atoms with Crippen molar-refractivity contribution in [1.29, 1.82) is 0 Å². The summed E-state index contributed by atoms with van der Waals surface area (Å²) in [6.45, 7) is 4.98. The number of nitrogens with zero attached hydrogens (tertiary/aromatic N) is 3. The lowest BCUT2D eigenvalue weighted by atomic mass is 10.1. The Morgan fingerprint density at radius 3 is 2.46 bits per heavy atom. The van der Waals surface area contributed by atoms with Gasteiger partial charge in [-0.05, 0) is 32.0 Å². The van der Waals surface area contributed by atoms with Gasteiger partial charge in [0.25, 0.3) is 11.8 Å². The van der Waals surface area contributed by atoms with Gasteiger partial charge in [0.05, 0.1) is 10.6 Å². The summed E-state index contributed by atoms with van der Waals surface area (Å²) in [6, 6.07) is 4.70. The molecule has 0 aliphatic carbocycles. The number of carbonyl (C=O) groups excluding carboxylic acids is 2. The van der Waals surface area contributed by atoms with Gasteiger partial charge in [-0.2, -0.15) is 0 Å². The van der Waals surface area contributed by atoms with Gasteiger partial charge >= 0.3 is 0 Å². The highest BCUT2D eigenvalue weighted by molar-refractivity contribution is 6.34. The van der Waals surface area contributed by atoms with Crippen LogP contribution >= 0.6 is 11.6 Å². The van der Waals surface area contributed by atoms with E-state index in [-0.39, 0.29) is 22.4 Å². The van der Waals surface area contributed by atoms with Gasteiger partial charge in [0, 0.05) is 31.2 Å². The van der Waals surface area contributed by atoms with Crippen molar-refractivity contribution in [2.24, 2.45) is 0 Å². The van der Waals surface area contributed by atoms with Gasteiger partial charge < -0.3 is 16.0 Å². The number of halogens is 1. The molecule has 2 amide bonds. The van der Waals surface area contributed by atoms with E-state index < -0.39 is 5.91 Å². The monoisotopic (exact) mass is 347 g/mol. The molecule has 0 saturated heterocycles. The highest BCUT2D eigenvalue weighted by Crippen LogP contribution is 2.23. The number of rotatable bonds is 5. The second-order valence-electron chi connectivity index (χ2n) is 4.92. The Labute approximate surface area is 144 Å². The zero-order chi connectivity index (χ0) is 17.7. The number of nitrogens with two attached hydrogens (primary N) is 1. The van der Waals surface area contributed by atoms with E-state index in [9.17, 15) is 9.59 Å². The van der Waals surface area contributed by atoms with Crippen molar-refractivity contribution in [3.63, 3.8) is 0 Å². The molecule has 24 heavy (non-hydrogen) atoms. The molecule has 0 atom stereocenters. The predicted octanol–water partition coefficient (Wildman–Crippen LogP) is 2.45. The maximum Gasteiger partial charge on any atom is 0.278 e. The lowest BCUT2D eigenvalue weighted by molar-refractivity contribution is 0.0773. The molecule has 0 bridgehead atoms. The Hall–Kier alpha value is -2.67. The number of amides is 2. The summed E-state index contributed by atoms with van der Waals surface area (Å²) in [7, 11) is 0. The van der Waals surface area contributed by atoms with Crippen molar-refractivity contribution in [3.8, 4) is 0 Å². The molecule has 0 radical (unpaired) electrons. The number of anilines is 2. The molecule has 1 aromatic carbocycles. The van der Waals surface area contributed by atoms with Crippen LogP contribution in [0.5, 0.6) is 0 Å². The van der Waals surface area contributed by atoms with Crippen molar-refractivity contribution in [3.05, 3.63) is 46.9 Å². The molecule has 0 spiro atoms. The van der Waals surface area contributed by atoms with Gasteiger partial charge in [-0.1, -0.05) is 11.6 Å². The zero-order valence-corrected chi connectivity index (χ0v) is 14.2. The lowest BCUT2D eigenvalue weighted by Crippen LogP contribution is -2.30. The standard InChI is InChI=1S/C16H18ClN5O2/c1-3-22(4-2)16(24)11-6-5-10(9-12(11)17)21-15(23)13-14(18)20-8-7-19-13/h5-9H,3-4H2,1-2H3,(H2,18,20)(H,21,23). The highest BCUT2D eigenvalue weighted by Gasteiger charge is 2.17. The number of hydrogen-bond donors (Lipinski definition) is 2. The molecule has 126 valence electrons. The van der Waals surface area contributed by atoms with Crippen LogP contribution in [0, 0.1) is 0 Å². The number of nitrogen functional groups attached to an aromatic ring is 1. The molecule has 0 fully saturated rings. The van der Waals surface area contributed by atoms with Crippen molar-refractivity contribution in [2.45, 2.75) is 13.8 Å². The van der Waals surface area contributed by atoms with Crippen LogP contribution in [-0.2, 0) is 0 Å². The van der Waals surface area contributed by atoms with E-state index >= 15 is 0 Å². The van der Waals surface area contributed by atoms with Gasteiger partial charge in [-0.15, -0.1) is 0 Å². The van der Waals surface area contributed by atoms with Crippen LogP contribution in [0.1, 0.15) is 34.7 Å². The molecule has 2 rings (SSSR count). The first-order chi connectivity index (χ1) is 11.5. The molecule has 2 aromatic rings. The lowest BCUT2D eigenvalue weighted by Gasteiger charge is -2.19. The SMILES string of the molecule is CCN(CC)C(=O)c1ccc(NC(=O)c2nccnc2N)cc1Cl. The molecule has 8 heteroatoms. The van der Waals surface area contributed by atoms with Crippen molar-refractivity contribution < 1.29 is 9.59 Å². The number of carbonyl (C=O) groups is 2. The third kappa shape index (κ3) is 3.80. The first kappa shape index (κ1) is 17.7. The van der Waals surface area contributed by atoms with E-state index in [1.54, 1.807) is 17.0 Å². The van der Waals surface area contributed by atoms with Gasteiger partial charge in [-0.3, -0.25) is 9.59 Å². The number of nitrogens with one attached hydrogen (secondary N) is 1. The summed E-state index contributed by atoms with van der Waals surface area (Å²) < 4.78 is 0. The van der Waals surface area contributed by atoms with Gasteiger partial charge in [0.15, 0.2) is 11.5 Å². The van der Waals surface area contributed by atoms with Crippen LogP contribution in [0.4, 0.5) is 11.5 Å². The van der Waals surface area contributed by atoms with E-state index in [1.165, 1.54) is 18.5 Å². The quantitative estimate of drug-likeness (QED) is 0.865. The summed E-state index contributed by atoms with van der Waals surface area (Å²) in [5.74, 6) is -0.616. The second kappa shape index (κ2) is 7.74. The first-order valence-electron chi connectivity index (χ1n) is 7.44. The average molecular weight is 348 g/mol. The largest absolute Gasteiger partial charge is 0.382 e. The van der Waals surface area contributed by atoms with Crippen molar-refractivity contribution in [2.75, 3.05) is 24.1 Å². The summed E-state index contributed by atoms with van der Waals surface area (Å²) >= 11 is 6.19. The maximum absolute atomic E-state index is 12.3. The zero-order valence-electron chi connectivity index (χ0n) is 13.4. The van der Waals surface area contributed by atoms with Crippen LogP contribution in [-0.4, -0.2) is 39.8 Å². The fourth-order valence-corrected chi connectivity index (χ4v) is 2.42. The molecular weight excluding hydrogens is 330 g/mol. The van der Waals surface area contributed by atoms with Crippen LogP contribution in [0.2, 0.25) is 5.02 Å². The van der Waals surface area contributed by atoms with E-state index in [1.807, 2.05) is 13.8 Å². The summed E-state index contributed by atoms with van der Waals surface area (Å²) in [6.07, 6.45) is 2.78. The average Bonchev–Trinajstić information content (AvgIpc) is 2.56. The maximum atomic E-state index is 12.3.